The number of carbonyl (C=O) groups excluding carboxylic acids is 1. The highest BCUT2D eigenvalue weighted by Gasteiger charge is 2.16. The third kappa shape index (κ3) is 6.43. The number of hydrogen-bond donors (Lipinski definition) is 1. The van der Waals surface area contributed by atoms with Crippen LogP contribution < -0.4 is 19.5 Å². The largest absolute Gasteiger partial charge is 0.490 e. The third-order valence-corrected chi connectivity index (χ3v) is 4.31. The second-order valence-electron chi connectivity index (χ2n) is 6.21. The topological polar surface area (TPSA) is 56.8 Å². The van der Waals surface area contributed by atoms with Crippen molar-refractivity contribution in [1.82, 2.24) is 0 Å². The molecule has 0 aromatic heterocycles. The molecule has 6 heteroatoms. The predicted octanol–water partition coefficient (Wildman–Crippen LogP) is 5.20. The van der Waals surface area contributed by atoms with Gasteiger partial charge in [0, 0.05) is 5.69 Å². The lowest BCUT2D eigenvalue weighted by Crippen LogP contribution is -2.30. The molecule has 0 spiro atoms. The number of nitrogens with one attached hydrogen (secondary N) is 1. The maximum absolute atomic E-state index is 12.3. The average molecular weight is 412 g/mol. The summed E-state index contributed by atoms with van der Waals surface area (Å²) in [4.78, 5) is 12.3. The fourth-order valence-electron chi connectivity index (χ4n) is 2.50. The number of halogens is 1. The predicted molar refractivity (Wildman–Crippen MR) is 114 cm³/mol. The van der Waals surface area contributed by atoms with Crippen molar-refractivity contribution in [3.63, 3.8) is 0 Å². The second kappa shape index (κ2) is 10.4. The monoisotopic (exact) mass is 411 g/mol. The first-order valence-electron chi connectivity index (χ1n) is 9.24. The van der Waals surface area contributed by atoms with E-state index in [0.29, 0.717) is 35.4 Å². The van der Waals surface area contributed by atoms with E-state index >= 15 is 0 Å². The van der Waals surface area contributed by atoms with Crippen LogP contribution in [0, 0.1) is 0 Å². The molecule has 3 aromatic rings. The molecule has 0 bridgehead atoms. The van der Waals surface area contributed by atoms with Gasteiger partial charge in [0.15, 0.2) is 6.10 Å². The van der Waals surface area contributed by atoms with Crippen molar-refractivity contribution in [1.29, 1.82) is 0 Å². The molecule has 0 aliphatic rings. The highest BCUT2D eigenvalue weighted by atomic mass is 35.5. The molecule has 0 saturated carbocycles. The van der Waals surface area contributed by atoms with Crippen molar-refractivity contribution in [3.05, 3.63) is 83.9 Å². The van der Waals surface area contributed by atoms with Crippen LogP contribution in [-0.4, -0.2) is 25.2 Å². The third-order valence-electron chi connectivity index (χ3n) is 4.00. The molecule has 1 N–H and O–H groups in total. The molecule has 1 amide bonds. The molecule has 0 heterocycles. The Labute approximate surface area is 175 Å². The first-order valence-corrected chi connectivity index (χ1v) is 9.62. The van der Waals surface area contributed by atoms with Crippen LogP contribution in [0.15, 0.2) is 78.9 Å². The molecule has 1 atom stereocenters. The Morgan fingerprint density at radius 2 is 1.45 bits per heavy atom. The van der Waals surface area contributed by atoms with Gasteiger partial charge in [0.05, 0.1) is 5.02 Å². The number of rotatable bonds is 9. The molecule has 29 heavy (non-hydrogen) atoms. The van der Waals surface area contributed by atoms with Gasteiger partial charge < -0.3 is 19.5 Å². The minimum absolute atomic E-state index is 0.269. The summed E-state index contributed by atoms with van der Waals surface area (Å²) in [6, 6.07) is 23.7. The Bertz CT molecular complexity index is 916. The molecule has 150 valence electrons. The summed E-state index contributed by atoms with van der Waals surface area (Å²) >= 11 is 6.06. The Morgan fingerprint density at radius 3 is 2.10 bits per heavy atom. The van der Waals surface area contributed by atoms with Crippen LogP contribution in [0.5, 0.6) is 17.2 Å². The van der Waals surface area contributed by atoms with E-state index in [1.54, 1.807) is 55.5 Å². The van der Waals surface area contributed by atoms with E-state index in [2.05, 4.69) is 5.32 Å². The molecular formula is C23H22ClNO4. The number of para-hydroxylation sites is 2. The van der Waals surface area contributed by atoms with Crippen molar-refractivity contribution in [2.24, 2.45) is 0 Å². The van der Waals surface area contributed by atoms with E-state index in [0.717, 1.165) is 5.75 Å². The first-order chi connectivity index (χ1) is 14.1. The molecule has 0 fully saturated rings. The first kappa shape index (κ1) is 20.6. The number of amides is 1. The lowest BCUT2D eigenvalue weighted by Gasteiger charge is -2.15. The summed E-state index contributed by atoms with van der Waals surface area (Å²) in [6.07, 6.45) is -0.694. The summed E-state index contributed by atoms with van der Waals surface area (Å²) in [6.45, 7) is 2.53. The molecule has 0 aliphatic heterocycles. The van der Waals surface area contributed by atoms with Crippen LogP contribution in [0.4, 0.5) is 5.69 Å². The zero-order valence-corrected chi connectivity index (χ0v) is 16.8. The van der Waals surface area contributed by atoms with E-state index in [4.69, 9.17) is 25.8 Å². The van der Waals surface area contributed by atoms with E-state index < -0.39 is 6.10 Å². The maximum Gasteiger partial charge on any atom is 0.265 e. The molecule has 5 nitrogen and oxygen atoms in total. The summed E-state index contributed by atoms with van der Waals surface area (Å²) in [5, 5.41) is 3.27. The molecule has 0 radical (unpaired) electrons. The Kier molecular flexibility index (Phi) is 7.36. The van der Waals surface area contributed by atoms with Crippen LogP contribution in [-0.2, 0) is 4.79 Å². The van der Waals surface area contributed by atoms with E-state index in [1.807, 2.05) is 30.3 Å². The van der Waals surface area contributed by atoms with Crippen LogP contribution in [0.1, 0.15) is 6.92 Å². The minimum atomic E-state index is -0.694. The van der Waals surface area contributed by atoms with Gasteiger partial charge >= 0.3 is 0 Å². The SMILES string of the molecule is C[C@H](Oc1ccccc1Cl)C(=O)Nc1ccc(OCCOc2ccccc2)cc1. The van der Waals surface area contributed by atoms with Crippen LogP contribution in [0.2, 0.25) is 5.02 Å². The van der Waals surface area contributed by atoms with Gasteiger partial charge in [0.25, 0.3) is 5.91 Å². The Hall–Kier alpha value is -3.18. The molecule has 0 aliphatic carbocycles. The molecule has 3 aromatic carbocycles. The zero-order chi connectivity index (χ0) is 20.5. The lowest BCUT2D eigenvalue weighted by atomic mass is 10.2. The fourth-order valence-corrected chi connectivity index (χ4v) is 2.68. The van der Waals surface area contributed by atoms with Crippen molar-refractivity contribution < 1.29 is 19.0 Å². The van der Waals surface area contributed by atoms with Gasteiger partial charge in [-0.25, -0.2) is 0 Å². The molecular weight excluding hydrogens is 390 g/mol. The highest BCUT2D eigenvalue weighted by molar-refractivity contribution is 6.32. The van der Waals surface area contributed by atoms with Gasteiger partial charge in [-0.15, -0.1) is 0 Å². The number of benzene rings is 3. The number of hydrogen-bond acceptors (Lipinski definition) is 4. The van der Waals surface area contributed by atoms with Crippen molar-refractivity contribution >= 4 is 23.2 Å². The highest BCUT2D eigenvalue weighted by Crippen LogP contribution is 2.24. The summed E-state index contributed by atoms with van der Waals surface area (Å²) in [5.41, 5.74) is 0.650. The summed E-state index contributed by atoms with van der Waals surface area (Å²) in [5.74, 6) is 1.70. The quantitative estimate of drug-likeness (QED) is 0.491. The Morgan fingerprint density at radius 1 is 0.862 bits per heavy atom. The standard InChI is InChI=1S/C23H22ClNO4/c1-17(29-22-10-6-5-9-21(22)24)23(26)25-18-11-13-20(14-12-18)28-16-15-27-19-7-3-2-4-8-19/h2-14,17H,15-16H2,1H3,(H,25,26)/t17-/m0/s1. The summed E-state index contributed by atoms with van der Waals surface area (Å²) < 4.78 is 16.9. The molecule has 0 saturated heterocycles. The van der Waals surface area contributed by atoms with Crippen molar-refractivity contribution in [2.75, 3.05) is 18.5 Å². The number of ether oxygens (including phenoxy) is 3. The molecule has 0 unspecified atom stereocenters. The average Bonchev–Trinajstić information content (AvgIpc) is 2.74. The van der Waals surface area contributed by atoms with E-state index in [1.165, 1.54) is 0 Å². The maximum atomic E-state index is 12.3. The fraction of sp³-hybridized carbons (Fsp3) is 0.174. The zero-order valence-electron chi connectivity index (χ0n) is 16.0. The van der Waals surface area contributed by atoms with Gasteiger partial charge in [-0.3, -0.25) is 4.79 Å². The van der Waals surface area contributed by atoms with Gasteiger partial charge in [0.2, 0.25) is 0 Å². The summed E-state index contributed by atoms with van der Waals surface area (Å²) in [7, 11) is 0. The molecule has 3 rings (SSSR count). The van der Waals surface area contributed by atoms with Gasteiger partial charge in [-0.05, 0) is 55.5 Å². The lowest BCUT2D eigenvalue weighted by molar-refractivity contribution is -0.122. The van der Waals surface area contributed by atoms with Gasteiger partial charge in [0.1, 0.15) is 30.5 Å². The smallest absolute Gasteiger partial charge is 0.265 e. The van der Waals surface area contributed by atoms with Crippen LogP contribution in [0.3, 0.4) is 0 Å². The number of carbonyl (C=O) groups is 1. The second-order valence-corrected chi connectivity index (χ2v) is 6.62. The van der Waals surface area contributed by atoms with Gasteiger partial charge in [-0.2, -0.15) is 0 Å². The van der Waals surface area contributed by atoms with Crippen molar-refractivity contribution in [2.45, 2.75) is 13.0 Å². The van der Waals surface area contributed by atoms with E-state index in [-0.39, 0.29) is 5.91 Å². The van der Waals surface area contributed by atoms with Crippen molar-refractivity contribution in [3.8, 4) is 17.2 Å². The Balaban J connectivity index is 1.43. The van der Waals surface area contributed by atoms with Gasteiger partial charge in [-0.1, -0.05) is 41.9 Å². The van der Waals surface area contributed by atoms with Crippen LogP contribution in [0.25, 0.3) is 0 Å². The number of anilines is 1. The minimum Gasteiger partial charge on any atom is -0.490 e. The normalized spacial score (nSPS) is 11.4. The van der Waals surface area contributed by atoms with E-state index in [9.17, 15) is 4.79 Å². The van der Waals surface area contributed by atoms with Crippen LogP contribution >= 0.6 is 11.6 Å².